The molecule has 1 unspecified atom stereocenters. The fourth-order valence-electron chi connectivity index (χ4n) is 3.52. The van der Waals surface area contributed by atoms with Crippen molar-refractivity contribution in [2.75, 3.05) is 32.8 Å². The lowest BCUT2D eigenvalue weighted by molar-refractivity contribution is -0.0494. The van der Waals surface area contributed by atoms with E-state index in [-0.39, 0.29) is 12.3 Å². The molecule has 1 aromatic carbocycles. The Kier molecular flexibility index (Phi) is 6.81. The molecule has 1 N–H and O–H groups in total. The normalized spacial score (nSPS) is 16.0. The molecule has 1 saturated heterocycles. The SMILES string of the molecule is OC(CN1CCOCC1)Cn1cc(-n2cccn2)c(-c2cc(Cl)ccc2OC(F)F)n1. The fraction of sp³-hybridized carbons (Fsp3) is 0.400. The van der Waals surface area contributed by atoms with Gasteiger partial charge < -0.3 is 14.6 Å². The average Bonchev–Trinajstić information content (AvgIpc) is 3.39. The molecule has 2 aromatic heterocycles. The van der Waals surface area contributed by atoms with Gasteiger partial charge in [-0.3, -0.25) is 9.58 Å². The van der Waals surface area contributed by atoms with Crippen LogP contribution in [0.15, 0.2) is 42.9 Å². The Bertz CT molecular complexity index is 993. The zero-order valence-electron chi connectivity index (χ0n) is 16.6. The van der Waals surface area contributed by atoms with Crippen molar-refractivity contribution in [1.29, 1.82) is 0 Å². The van der Waals surface area contributed by atoms with E-state index in [9.17, 15) is 13.9 Å². The maximum Gasteiger partial charge on any atom is 0.387 e. The van der Waals surface area contributed by atoms with E-state index >= 15 is 0 Å². The van der Waals surface area contributed by atoms with E-state index in [4.69, 9.17) is 16.3 Å². The third-order valence-corrected chi connectivity index (χ3v) is 5.11. The van der Waals surface area contributed by atoms with Crippen LogP contribution >= 0.6 is 11.6 Å². The van der Waals surface area contributed by atoms with Gasteiger partial charge in [0.05, 0.1) is 32.1 Å². The first-order chi connectivity index (χ1) is 15.0. The summed E-state index contributed by atoms with van der Waals surface area (Å²) >= 11 is 6.12. The molecule has 1 fully saturated rings. The minimum Gasteiger partial charge on any atom is -0.434 e. The second-order valence-electron chi connectivity index (χ2n) is 7.12. The van der Waals surface area contributed by atoms with Crippen LogP contribution in [0.5, 0.6) is 5.75 Å². The first-order valence-electron chi connectivity index (χ1n) is 9.80. The number of ether oxygens (including phenoxy) is 2. The van der Waals surface area contributed by atoms with Gasteiger partial charge in [0, 0.05) is 42.6 Å². The average molecular weight is 454 g/mol. The molecule has 0 aliphatic carbocycles. The van der Waals surface area contributed by atoms with Gasteiger partial charge in [0.2, 0.25) is 0 Å². The molecule has 166 valence electrons. The van der Waals surface area contributed by atoms with Crippen LogP contribution in [0.25, 0.3) is 16.9 Å². The van der Waals surface area contributed by atoms with Crippen LogP contribution in [0.2, 0.25) is 5.02 Å². The highest BCUT2D eigenvalue weighted by Gasteiger charge is 2.22. The Morgan fingerprint density at radius 1 is 1.23 bits per heavy atom. The highest BCUT2D eigenvalue weighted by atomic mass is 35.5. The maximum absolute atomic E-state index is 12.9. The molecule has 8 nitrogen and oxygen atoms in total. The number of alkyl halides is 2. The predicted octanol–water partition coefficient (Wildman–Crippen LogP) is 2.68. The number of nitrogens with zero attached hydrogens (tertiary/aromatic N) is 5. The van der Waals surface area contributed by atoms with Crippen LogP contribution in [-0.4, -0.2) is 75.1 Å². The van der Waals surface area contributed by atoms with E-state index in [0.717, 1.165) is 13.1 Å². The van der Waals surface area contributed by atoms with E-state index in [2.05, 4.69) is 19.8 Å². The van der Waals surface area contributed by atoms with E-state index in [1.54, 1.807) is 34.0 Å². The Labute approximate surface area is 182 Å². The zero-order chi connectivity index (χ0) is 21.8. The van der Waals surface area contributed by atoms with Crippen LogP contribution in [0, 0.1) is 0 Å². The summed E-state index contributed by atoms with van der Waals surface area (Å²) in [6.45, 7) is 0.510. The smallest absolute Gasteiger partial charge is 0.387 e. The summed E-state index contributed by atoms with van der Waals surface area (Å²) in [5.74, 6) is -0.0491. The minimum atomic E-state index is -2.99. The molecular formula is C20H22ClF2N5O3. The number of rotatable bonds is 8. The van der Waals surface area contributed by atoms with Gasteiger partial charge in [-0.25, -0.2) is 4.68 Å². The van der Waals surface area contributed by atoms with Crippen LogP contribution in [-0.2, 0) is 11.3 Å². The largest absolute Gasteiger partial charge is 0.434 e. The van der Waals surface area contributed by atoms with Gasteiger partial charge >= 0.3 is 6.61 Å². The van der Waals surface area contributed by atoms with Crippen LogP contribution in [0.3, 0.4) is 0 Å². The summed E-state index contributed by atoms with van der Waals surface area (Å²) in [5, 5.41) is 19.7. The van der Waals surface area contributed by atoms with Crippen molar-refractivity contribution in [2.45, 2.75) is 19.3 Å². The molecule has 1 atom stereocenters. The summed E-state index contributed by atoms with van der Waals surface area (Å²) < 4.78 is 39.0. The van der Waals surface area contributed by atoms with Crippen molar-refractivity contribution in [1.82, 2.24) is 24.5 Å². The van der Waals surface area contributed by atoms with E-state index in [1.165, 1.54) is 18.2 Å². The molecule has 1 aliphatic heterocycles. The van der Waals surface area contributed by atoms with Crippen molar-refractivity contribution < 1.29 is 23.4 Å². The molecule has 0 spiro atoms. The van der Waals surface area contributed by atoms with Crippen molar-refractivity contribution in [3.05, 3.63) is 47.9 Å². The molecule has 31 heavy (non-hydrogen) atoms. The Balaban J connectivity index is 1.65. The van der Waals surface area contributed by atoms with Gasteiger partial charge in [0.1, 0.15) is 17.1 Å². The van der Waals surface area contributed by atoms with Gasteiger partial charge in [-0.15, -0.1) is 0 Å². The van der Waals surface area contributed by atoms with Gasteiger partial charge in [0.15, 0.2) is 0 Å². The summed E-state index contributed by atoms with van der Waals surface area (Å²) in [7, 11) is 0. The Hall–Kier alpha value is -2.53. The molecule has 0 radical (unpaired) electrons. The standard InChI is InChI=1S/C20H22ClF2N5O3/c21-14-2-3-18(31-20(22)23)16(10-14)19-17(28-5-1-4-24-28)13-27(25-19)12-15(29)11-26-6-8-30-9-7-26/h1-5,10,13,15,20,29H,6-9,11-12H2. The number of benzene rings is 1. The number of aliphatic hydroxyl groups excluding tert-OH is 1. The molecule has 0 amide bonds. The molecule has 3 heterocycles. The molecule has 3 aromatic rings. The Morgan fingerprint density at radius 2 is 2.03 bits per heavy atom. The lowest BCUT2D eigenvalue weighted by Gasteiger charge is -2.28. The predicted molar refractivity (Wildman–Crippen MR) is 110 cm³/mol. The molecule has 1 aliphatic rings. The van der Waals surface area contributed by atoms with Gasteiger partial charge in [-0.2, -0.15) is 19.0 Å². The van der Waals surface area contributed by atoms with Gasteiger partial charge in [-0.1, -0.05) is 11.6 Å². The van der Waals surface area contributed by atoms with Crippen molar-refractivity contribution in [2.24, 2.45) is 0 Å². The lowest BCUT2D eigenvalue weighted by atomic mass is 10.1. The second-order valence-corrected chi connectivity index (χ2v) is 7.56. The quantitative estimate of drug-likeness (QED) is 0.565. The third kappa shape index (κ3) is 5.40. The number of β-amino-alcohol motifs (C(OH)–C–C–N with tert-alkyl or cyclic N) is 1. The summed E-state index contributed by atoms with van der Waals surface area (Å²) in [6.07, 6.45) is 4.35. The summed E-state index contributed by atoms with van der Waals surface area (Å²) in [6, 6.07) is 6.11. The number of hydrogen-bond acceptors (Lipinski definition) is 6. The van der Waals surface area contributed by atoms with Crippen molar-refractivity contribution in [3.63, 3.8) is 0 Å². The fourth-order valence-corrected chi connectivity index (χ4v) is 3.69. The van der Waals surface area contributed by atoms with Gasteiger partial charge in [0.25, 0.3) is 0 Å². The van der Waals surface area contributed by atoms with Crippen LogP contribution in [0.1, 0.15) is 0 Å². The molecule has 4 rings (SSSR count). The van der Waals surface area contributed by atoms with Crippen LogP contribution < -0.4 is 4.74 Å². The van der Waals surface area contributed by atoms with E-state index < -0.39 is 12.7 Å². The number of halogens is 3. The number of morpholine rings is 1. The van der Waals surface area contributed by atoms with Crippen molar-refractivity contribution >= 4 is 11.6 Å². The molecular weight excluding hydrogens is 432 g/mol. The van der Waals surface area contributed by atoms with Crippen molar-refractivity contribution in [3.8, 4) is 22.7 Å². The molecule has 0 bridgehead atoms. The van der Waals surface area contributed by atoms with Gasteiger partial charge in [-0.05, 0) is 24.3 Å². The summed E-state index contributed by atoms with van der Waals surface area (Å²) in [4.78, 5) is 2.12. The third-order valence-electron chi connectivity index (χ3n) is 4.88. The first kappa shape index (κ1) is 21.7. The van der Waals surface area contributed by atoms with E-state index in [0.29, 0.717) is 41.7 Å². The summed E-state index contributed by atoms with van der Waals surface area (Å²) in [5.41, 5.74) is 1.21. The lowest BCUT2D eigenvalue weighted by Crippen LogP contribution is -2.42. The number of hydrogen-bond donors (Lipinski definition) is 1. The number of aliphatic hydroxyl groups is 1. The minimum absolute atomic E-state index is 0.0491. The van der Waals surface area contributed by atoms with E-state index in [1.807, 2.05) is 0 Å². The zero-order valence-corrected chi connectivity index (χ0v) is 17.3. The monoisotopic (exact) mass is 453 g/mol. The maximum atomic E-state index is 12.9. The number of aromatic nitrogens is 4. The topological polar surface area (TPSA) is 77.6 Å². The molecule has 11 heteroatoms. The van der Waals surface area contributed by atoms with Crippen LogP contribution in [0.4, 0.5) is 8.78 Å². The highest BCUT2D eigenvalue weighted by Crippen LogP contribution is 2.36. The molecule has 0 saturated carbocycles. The Morgan fingerprint density at radius 3 is 2.74 bits per heavy atom. The highest BCUT2D eigenvalue weighted by molar-refractivity contribution is 6.31. The second kappa shape index (κ2) is 9.73. The first-order valence-corrected chi connectivity index (χ1v) is 10.2.